The summed E-state index contributed by atoms with van der Waals surface area (Å²) >= 11 is 0. The van der Waals surface area contributed by atoms with Gasteiger partial charge in [0.05, 0.1) is 17.1 Å². The number of phenols is 1. The molecule has 4 aromatic rings. The quantitative estimate of drug-likeness (QED) is 0.149. The standard InChI is InChI=1S/C41H48F3N5O3Si/c1-23(2)53(24(3)4,25(5)6)16-12-30-32(43)11-10-26-17-29(50)18-31(33(26)30)36-35(44)37-34-38(49-15-7-9-28(49)21-51-39(34)45-36)47-40(46-37)52-22-41-13-8-14-48(41)20-27(42)19-41/h10-11,17-18,23-25,27-28,50H,7-9,13-15,19-22H2,1-6H3/t27-,28?,41+/m1/s1. The van der Waals surface area contributed by atoms with E-state index in [0.29, 0.717) is 64.7 Å². The number of aromatic nitrogens is 3. The Balaban J connectivity index is 1.33. The van der Waals surface area contributed by atoms with Crippen molar-refractivity contribution in [3.8, 4) is 40.4 Å². The van der Waals surface area contributed by atoms with Crippen molar-refractivity contribution in [1.29, 1.82) is 0 Å². The van der Waals surface area contributed by atoms with Crippen LogP contribution in [0.5, 0.6) is 17.6 Å². The minimum Gasteiger partial charge on any atom is -0.508 e. The fourth-order valence-corrected chi connectivity index (χ4v) is 15.3. The van der Waals surface area contributed by atoms with E-state index in [1.807, 2.05) is 0 Å². The van der Waals surface area contributed by atoms with Crippen LogP contribution in [0.2, 0.25) is 16.6 Å². The predicted molar refractivity (Wildman–Crippen MR) is 204 cm³/mol. The lowest BCUT2D eigenvalue weighted by molar-refractivity contribution is 0.107. The van der Waals surface area contributed by atoms with Crippen molar-refractivity contribution in [2.24, 2.45) is 0 Å². The van der Waals surface area contributed by atoms with Crippen LogP contribution in [0.15, 0.2) is 24.3 Å². The van der Waals surface area contributed by atoms with Gasteiger partial charge in [-0.15, -0.1) is 5.54 Å². The van der Waals surface area contributed by atoms with Gasteiger partial charge in [0.15, 0.2) is 5.82 Å². The van der Waals surface area contributed by atoms with Crippen molar-refractivity contribution < 1.29 is 27.8 Å². The third-order valence-electron chi connectivity index (χ3n) is 12.6. The Morgan fingerprint density at radius 2 is 1.79 bits per heavy atom. The lowest BCUT2D eigenvalue weighted by Crippen LogP contribution is -2.43. The van der Waals surface area contributed by atoms with Crippen molar-refractivity contribution in [2.75, 3.05) is 37.7 Å². The van der Waals surface area contributed by atoms with Gasteiger partial charge < -0.3 is 19.5 Å². The van der Waals surface area contributed by atoms with E-state index < -0.39 is 31.4 Å². The normalized spacial score (nSPS) is 22.8. The molecule has 0 aliphatic carbocycles. The number of ether oxygens (including phenoxy) is 2. The smallest absolute Gasteiger partial charge is 0.319 e. The Labute approximate surface area is 310 Å². The molecule has 3 atom stereocenters. The molecule has 3 saturated heterocycles. The second kappa shape index (κ2) is 13.3. The fraction of sp³-hybridized carbons (Fsp3) is 0.537. The average molecular weight is 744 g/mol. The molecule has 0 saturated carbocycles. The van der Waals surface area contributed by atoms with E-state index in [-0.39, 0.29) is 52.6 Å². The Kier molecular flexibility index (Phi) is 9.04. The van der Waals surface area contributed by atoms with E-state index in [2.05, 4.69) is 67.8 Å². The lowest BCUT2D eigenvalue weighted by Gasteiger charge is -2.38. The van der Waals surface area contributed by atoms with E-state index in [9.17, 15) is 9.50 Å². The summed E-state index contributed by atoms with van der Waals surface area (Å²) in [5.74, 6) is 2.50. The molecule has 0 amide bonds. The van der Waals surface area contributed by atoms with Crippen LogP contribution in [0.4, 0.5) is 19.0 Å². The molecule has 0 spiro atoms. The summed E-state index contributed by atoms with van der Waals surface area (Å²) in [7, 11) is -2.29. The molecule has 12 heteroatoms. The molecule has 3 fully saturated rings. The molecule has 0 radical (unpaired) electrons. The van der Waals surface area contributed by atoms with E-state index in [4.69, 9.17) is 19.4 Å². The van der Waals surface area contributed by atoms with Gasteiger partial charge in [-0.1, -0.05) is 53.5 Å². The maximum absolute atomic E-state index is 17.4. The summed E-state index contributed by atoms with van der Waals surface area (Å²) in [6.07, 6.45) is 3.02. The number of alkyl halides is 1. The number of nitrogens with zero attached hydrogens (tertiary/aromatic N) is 5. The van der Waals surface area contributed by atoms with Crippen LogP contribution < -0.4 is 14.4 Å². The first-order valence-electron chi connectivity index (χ1n) is 19.1. The van der Waals surface area contributed by atoms with Gasteiger partial charge in [-0.2, -0.15) is 9.97 Å². The highest BCUT2D eigenvalue weighted by molar-refractivity contribution is 6.90. The van der Waals surface area contributed by atoms with Crippen LogP contribution >= 0.6 is 0 Å². The predicted octanol–water partition coefficient (Wildman–Crippen LogP) is 8.71. The molecule has 2 aromatic carbocycles. The first-order chi connectivity index (χ1) is 25.3. The monoisotopic (exact) mass is 743 g/mol. The highest BCUT2D eigenvalue weighted by atomic mass is 28.3. The Morgan fingerprint density at radius 3 is 2.55 bits per heavy atom. The SMILES string of the molecule is CC(C)[Si](C#Cc1c(F)ccc2cc(O)cc(-c3nc4c5c(nc(OC[C@@]67CCCN6C[C@H](F)C7)nc5c3F)N3CCCC3CO4)c12)(C(C)C)C(C)C. The zero-order valence-electron chi connectivity index (χ0n) is 31.4. The van der Waals surface area contributed by atoms with Crippen molar-refractivity contribution in [1.82, 2.24) is 19.9 Å². The fourth-order valence-electron chi connectivity index (χ4n) is 10.1. The molecule has 1 unspecified atom stereocenters. The lowest BCUT2D eigenvalue weighted by atomic mass is 9.95. The number of halogens is 3. The van der Waals surface area contributed by atoms with Crippen LogP contribution in [0.3, 0.4) is 0 Å². The largest absolute Gasteiger partial charge is 0.508 e. The maximum Gasteiger partial charge on any atom is 0.319 e. The number of rotatable bonds is 7. The minimum atomic E-state index is -2.29. The molecule has 6 heterocycles. The van der Waals surface area contributed by atoms with Crippen LogP contribution in [0.25, 0.3) is 32.9 Å². The number of pyridine rings is 1. The summed E-state index contributed by atoms with van der Waals surface area (Å²) in [4.78, 5) is 18.5. The van der Waals surface area contributed by atoms with Crippen LogP contribution in [-0.2, 0) is 0 Å². The number of hydrogen-bond acceptors (Lipinski definition) is 8. The topological polar surface area (TPSA) is 83.8 Å². The molecular formula is C41H48F3N5O3Si. The molecule has 4 aliphatic heterocycles. The molecular weight excluding hydrogens is 696 g/mol. The van der Waals surface area contributed by atoms with Crippen LogP contribution in [-0.4, -0.2) is 83.6 Å². The first kappa shape index (κ1) is 35.9. The summed E-state index contributed by atoms with van der Waals surface area (Å²) in [6, 6.07) is 5.85. The second-order valence-electron chi connectivity index (χ2n) is 16.5. The number of aromatic hydroxyl groups is 1. The van der Waals surface area contributed by atoms with Gasteiger partial charge in [-0.25, -0.2) is 18.2 Å². The third-order valence-corrected chi connectivity index (χ3v) is 18.9. The Bertz CT molecular complexity index is 2150. The number of anilines is 1. The average Bonchev–Trinajstić information content (AvgIpc) is 3.79. The van der Waals surface area contributed by atoms with Gasteiger partial charge in [0.2, 0.25) is 5.88 Å². The van der Waals surface area contributed by atoms with Gasteiger partial charge in [0.25, 0.3) is 0 Å². The molecule has 4 aliphatic rings. The summed E-state index contributed by atoms with van der Waals surface area (Å²) in [5, 5.41) is 12.2. The molecule has 53 heavy (non-hydrogen) atoms. The Morgan fingerprint density at radius 1 is 1.02 bits per heavy atom. The zero-order valence-corrected chi connectivity index (χ0v) is 32.4. The zero-order chi connectivity index (χ0) is 37.4. The molecule has 2 aromatic heterocycles. The number of fused-ring (bicyclic) bond motifs is 4. The van der Waals surface area contributed by atoms with E-state index in [1.54, 1.807) is 6.07 Å². The third kappa shape index (κ3) is 5.81. The highest BCUT2D eigenvalue weighted by Crippen LogP contribution is 2.46. The number of benzene rings is 2. The van der Waals surface area contributed by atoms with E-state index in [0.717, 1.165) is 32.2 Å². The number of hydrogen-bond donors (Lipinski definition) is 1. The molecule has 8 rings (SSSR count). The first-order valence-corrected chi connectivity index (χ1v) is 21.4. The number of phenolic OH excluding ortho intramolecular Hbond substituents is 1. The van der Waals surface area contributed by atoms with Crippen molar-refractivity contribution >= 4 is 35.6 Å². The van der Waals surface area contributed by atoms with Crippen molar-refractivity contribution in [3.63, 3.8) is 0 Å². The van der Waals surface area contributed by atoms with Crippen molar-refractivity contribution in [3.05, 3.63) is 41.5 Å². The van der Waals surface area contributed by atoms with E-state index in [1.165, 1.54) is 18.2 Å². The van der Waals surface area contributed by atoms with Gasteiger partial charge in [0.1, 0.15) is 61.4 Å². The summed E-state index contributed by atoms with van der Waals surface area (Å²) in [6.45, 7) is 15.6. The Hall–Kier alpha value is -4.08. The van der Waals surface area contributed by atoms with Gasteiger partial charge in [0, 0.05) is 30.5 Å². The molecule has 8 nitrogen and oxygen atoms in total. The van der Waals surface area contributed by atoms with Crippen molar-refractivity contribution in [2.45, 2.75) is 108 Å². The maximum atomic E-state index is 17.4. The second-order valence-corrected chi connectivity index (χ2v) is 22.0. The molecule has 1 N–H and O–H groups in total. The highest BCUT2D eigenvalue weighted by Gasteiger charge is 2.49. The van der Waals surface area contributed by atoms with Crippen LogP contribution in [0, 0.1) is 23.1 Å². The molecule has 0 bridgehead atoms. The molecule has 280 valence electrons. The van der Waals surface area contributed by atoms with Gasteiger partial charge in [-0.05, 0) is 72.4 Å². The van der Waals surface area contributed by atoms with Gasteiger partial charge in [-0.3, -0.25) is 4.90 Å². The van der Waals surface area contributed by atoms with Gasteiger partial charge >= 0.3 is 6.01 Å². The minimum absolute atomic E-state index is 0.00121. The van der Waals surface area contributed by atoms with E-state index >= 15 is 8.78 Å². The summed E-state index contributed by atoms with van der Waals surface area (Å²) in [5.41, 5.74) is 4.27. The summed E-state index contributed by atoms with van der Waals surface area (Å²) < 4.78 is 60.7. The van der Waals surface area contributed by atoms with Crippen LogP contribution in [0.1, 0.15) is 79.2 Å².